The summed E-state index contributed by atoms with van der Waals surface area (Å²) in [5.74, 6) is 1.09. The molecule has 38 heavy (non-hydrogen) atoms. The number of nitrogen functional groups attached to an aromatic ring is 1. The number of carbonyl (C=O) groups excluding carboxylic acids is 1. The maximum atomic E-state index is 13.0. The molecule has 5 N–H and O–H groups in total. The Morgan fingerprint density at radius 2 is 1.79 bits per heavy atom. The summed E-state index contributed by atoms with van der Waals surface area (Å²) in [6, 6.07) is 16.9. The van der Waals surface area contributed by atoms with E-state index in [-0.39, 0.29) is 29.7 Å². The first-order valence-electron chi connectivity index (χ1n) is 12.5. The average molecular weight is 539 g/mol. The van der Waals surface area contributed by atoms with E-state index in [9.17, 15) is 13.2 Å². The highest BCUT2D eigenvalue weighted by atomic mass is 32.2. The number of methoxy groups -OCH3 is 1. The van der Waals surface area contributed by atoms with Gasteiger partial charge in [-0.15, -0.1) is 0 Å². The highest BCUT2D eigenvalue weighted by Gasteiger charge is 2.38. The van der Waals surface area contributed by atoms with Gasteiger partial charge in [0, 0.05) is 36.3 Å². The Kier molecular flexibility index (Phi) is 8.60. The number of aryl methyl sites for hydroxylation is 1. The molecule has 1 aromatic heterocycles. The van der Waals surface area contributed by atoms with Crippen molar-refractivity contribution in [1.82, 2.24) is 24.7 Å². The number of benzene rings is 2. The SMILES string of the molecule is COc1ccccc1C(=O)NCC1(c2ccccc2)CCC(NS(=O)(=O)NCc2cnc(C)nc2N)CC1. The molecule has 0 radical (unpaired) electrons. The van der Waals surface area contributed by atoms with Crippen LogP contribution in [-0.4, -0.2) is 44.0 Å². The Labute approximate surface area is 223 Å². The van der Waals surface area contributed by atoms with Gasteiger partial charge in [-0.1, -0.05) is 42.5 Å². The van der Waals surface area contributed by atoms with Gasteiger partial charge in [-0.2, -0.15) is 17.9 Å². The van der Waals surface area contributed by atoms with Crippen molar-refractivity contribution in [2.24, 2.45) is 0 Å². The summed E-state index contributed by atoms with van der Waals surface area (Å²) in [5, 5.41) is 3.10. The minimum atomic E-state index is -3.77. The number of nitrogens with zero attached hydrogens (tertiary/aromatic N) is 2. The van der Waals surface area contributed by atoms with Crippen LogP contribution in [0.4, 0.5) is 5.82 Å². The molecule has 0 saturated heterocycles. The molecule has 11 heteroatoms. The first kappa shape index (κ1) is 27.5. The minimum absolute atomic E-state index is 0.00288. The standard InChI is InChI=1S/C27H34N6O4S/c1-19-29-16-20(25(28)32-19)17-31-38(35,36)33-22-12-14-27(15-13-22,21-8-4-3-5-9-21)18-30-26(34)23-10-6-7-11-24(23)37-2/h3-11,16,22,31,33H,12-15,17-18H2,1-2H3,(H,30,34)(H2,28,29,32). The van der Waals surface area contributed by atoms with E-state index in [1.54, 1.807) is 25.1 Å². The maximum absolute atomic E-state index is 13.0. The molecule has 0 spiro atoms. The van der Waals surface area contributed by atoms with Crippen molar-refractivity contribution >= 4 is 21.9 Å². The van der Waals surface area contributed by atoms with Crippen LogP contribution in [0.1, 0.15) is 53.0 Å². The number of anilines is 1. The summed E-state index contributed by atoms with van der Waals surface area (Å²) in [6.07, 6.45) is 4.17. The molecule has 1 amide bonds. The summed E-state index contributed by atoms with van der Waals surface area (Å²) >= 11 is 0. The molecule has 0 atom stereocenters. The first-order valence-corrected chi connectivity index (χ1v) is 14.0. The van der Waals surface area contributed by atoms with Gasteiger partial charge in [-0.3, -0.25) is 4.79 Å². The zero-order chi connectivity index (χ0) is 27.2. The lowest BCUT2D eigenvalue weighted by atomic mass is 9.68. The molecular formula is C27H34N6O4S. The second kappa shape index (κ2) is 11.9. The number of ether oxygens (including phenoxy) is 1. The number of nitrogens with one attached hydrogen (secondary N) is 3. The molecule has 1 saturated carbocycles. The van der Waals surface area contributed by atoms with Crippen molar-refractivity contribution in [3.8, 4) is 5.75 Å². The Bertz CT molecular complexity index is 1360. The van der Waals surface area contributed by atoms with Crippen LogP contribution in [0.25, 0.3) is 0 Å². The monoisotopic (exact) mass is 538 g/mol. The van der Waals surface area contributed by atoms with Crippen molar-refractivity contribution in [3.63, 3.8) is 0 Å². The van der Waals surface area contributed by atoms with Gasteiger partial charge in [0.25, 0.3) is 16.1 Å². The highest BCUT2D eigenvalue weighted by Crippen LogP contribution is 2.39. The fourth-order valence-corrected chi connectivity index (χ4v) is 6.01. The minimum Gasteiger partial charge on any atom is -0.496 e. The van der Waals surface area contributed by atoms with Crippen molar-refractivity contribution in [2.45, 2.75) is 50.6 Å². The zero-order valence-electron chi connectivity index (χ0n) is 21.6. The van der Waals surface area contributed by atoms with Crippen LogP contribution in [0.3, 0.4) is 0 Å². The second-order valence-corrected chi connectivity index (χ2v) is 11.1. The number of rotatable bonds is 10. The predicted octanol–water partition coefficient (Wildman–Crippen LogP) is 2.61. The number of nitrogens with two attached hydrogens (primary N) is 1. The third-order valence-corrected chi connectivity index (χ3v) is 8.23. The summed E-state index contributed by atoms with van der Waals surface area (Å²) in [7, 11) is -2.23. The molecule has 0 bridgehead atoms. The Balaban J connectivity index is 1.40. The number of carbonyl (C=O) groups is 1. The van der Waals surface area contributed by atoms with Crippen LogP contribution in [0.2, 0.25) is 0 Å². The molecule has 202 valence electrons. The van der Waals surface area contributed by atoms with Gasteiger partial charge in [0.2, 0.25) is 0 Å². The van der Waals surface area contributed by atoms with E-state index in [2.05, 4.69) is 36.9 Å². The van der Waals surface area contributed by atoms with Crippen molar-refractivity contribution in [3.05, 3.63) is 83.3 Å². The number of hydrogen-bond donors (Lipinski definition) is 4. The number of para-hydroxylation sites is 1. The topological polar surface area (TPSA) is 148 Å². The first-order chi connectivity index (χ1) is 18.2. The summed E-state index contributed by atoms with van der Waals surface area (Å²) < 4.78 is 36.1. The smallest absolute Gasteiger partial charge is 0.277 e. The predicted molar refractivity (Wildman–Crippen MR) is 146 cm³/mol. The van der Waals surface area contributed by atoms with Gasteiger partial charge < -0.3 is 15.8 Å². The molecule has 3 aromatic rings. The molecule has 1 fully saturated rings. The third kappa shape index (κ3) is 6.66. The Morgan fingerprint density at radius 1 is 1.11 bits per heavy atom. The van der Waals surface area contributed by atoms with E-state index in [1.165, 1.54) is 13.3 Å². The van der Waals surface area contributed by atoms with Gasteiger partial charge >= 0.3 is 0 Å². The molecule has 4 rings (SSSR count). The molecule has 10 nitrogen and oxygen atoms in total. The van der Waals surface area contributed by atoms with Gasteiger partial charge in [0.1, 0.15) is 17.4 Å². The molecule has 0 aliphatic heterocycles. The normalized spacial score (nSPS) is 19.6. The van der Waals surface area contributed by atoms with Gasteiger partial charge in [-0.05, 0) is 50.3 Å². The van der Waals surface area contributed by atoms with Gasteiger partial charge in [0.05, 0.1) is 12.7 Å². The molecule has 1 heterocycles. The number of aromatic nitrogens is 2. The van der Waals surface area contributed by atoms with E-state index in [0.717, 1.165) is 5.56 Å². The molecular weight excluding hydrogens is 504 g/mol. The van der Waals surface area contributed by atoms with E-state index < -0.39 is 10.2 Å². The van der Waals surface area contributed by atoms with Crippen molar-refractivity contribution < 1.29 is 17.9 Å². The fraction of sp³-hybridized carbons (Fsp3) is 0.370. The van der Waals surface area contributed by atoms with E-state index in [0.29, 0.717) is 54.9 Å². The summed E-state index contributed by atoms with van der Waals surface area (Å²) in [5.41, 5.74) is 7.67. The van der Waals surface area contributed by atoms with E-state index in [1.807, 2.05) is 24.3 Å². The summed E-state index contributed by atoms with van der Waals surface area (Å²) in [4.78, 5) is 21.2. The third-order valence-electron chi connectivity index (χ3n) is 7.06. The number of amides is 1. The zero-order valence-corrected chi connectivity index (χ0v) is 22.4. The van der Waals surface area contributed by atoms with Crippen molar-refractivity contribution in [1.29, 1.82) is 0 Å². The van der Waals surface area contributed by atoms with Crippen LogP contribution in [-0.2, 0) is 22.2 Å². The van der Waals surface area contributed by atoms with Gasteiger partial charge in [0.15, 0.2) is 0 Å². The Morgan fingerprint density at radius 3 is 2.47 bits per heavy atom. The molecule has 1 aliphatic carbocycles. The van der Waals surface area contributed by atoms with Crippen molar-refractivity contribution in [2.75, 3.05) is 19.4 Å². The van der Waals surface area contributed by atoms with Crippen LogP contribution in [0.15, 0.2) is 60.8 Å². The lowest BCUT2D eigenvalue weighted by molar-refractivity contribution is 0.0932. The largest absolute Gasteiger partial charge is 0.496 e. The maximum Gasteiger partial charge on any atom is 0.277 e. The van der Waals surface area contributed by atoms with Gasteiger partial charge in [-0.25, -0.2) is 9.97 Å². The lowest BCUT2D eigenvalue weighted by Gasteiger charge is -2.41. The molecule has 0 unspecified atom stereocenters. The lowest BCUT2D eigenvalue weighted by Crippen LogP contribution is -2.49. The number of hydrogen-bond acceptors (Lipinski definition) is 7. The average Bonchev–Trinajstić information content (AvgIpc) is 2.92. The quantitative estimate of drug-likeness (QED) is 0.310. The Hall–Kier alpha value is -3.54. The van der Waals surface area contributed by atoms with E-state index >= 15 is 0 Å². The fourth-order valence-electron chi connectivity index (χ4n) is 4.91. The van der Waals surface area contributed by atoms with Crippen LogP contribution in [0, 0.1) is 6.92 Å². The highest BCUT2D eigenvalue weighted by molar-refractivity contribution is 7.87. The van der Waals surface area contributed by atoms with E-state index in [4.69, 9.17) is 10.5 Å². The van der Waals surface area contributed by atoms with Crippen LogP contribution >= 0.6 is 0 Å². The summed E-state index contributed by atoms with van der Waals surface area (Å²) in [6.45, 7) is 2.14. The van der Waals surface area contributed by atoms with Crippen LogP contribution < -0.4 is 25.2 Å². The van der Waals surface area contributed by atoms with Crippen LogP contribution in [0.5, 0.6) is 5.75 Å². The second-order valence-electron chi connectivity index (χ2n) is 9.57. The molecule has 2 aromatic carbocycles. The molecule has 1 aliphatic rings.